The summed E-state index contributed by atoms with van der Waals surface area (Å²) in [5.74, 6) is 0.503. The van der Waals surface area contributed by atoms with E-state index in [0.717, 1.165) is 9.35 Å². The van der Waals surface area contributed by atoms with E-state index in [4.69, 9.17) is 4.74 Å². The summed E-state index contributed by atoms with van der Waals surface area (Å²) in [5, 5.41) is 16.2. The van der Waals surface area contributed by atoms with E-state index in [1.54, 1.807) is 23.5 Å². The fourth-order valence-corrected chi connectivity index (χ4v) is 3.09. The molecule has 0 amide bonds. The van der Waals surface area contributed by atoms with Gasteiger partial charge in [-0.1, -0.05) is 0 Å². The molecule has 0 aliphatic carbocycles. The Labute approximate surface area is 128 Å². The first-order valence-electron chi connectivity index (χ1n) is 5.98. The van der Waals surface area contributed by atoms with Crippen LogP contribution >= 0.6 is 27.3 Å². The third-order valence-electron chi connectivity index (χ3n) is 2.55. The average molecular weight is 357 g/mol. The Morgan fingerprint density at radius 3 is 2.85 bits per heavy atom. The Balaban J connectivity index is 2.15. The quantitative estimate of drug-likeness (QED) is 0.614. The van der Waals surface area contributed by atoms with Gasteiger partial charge in [0.25, 0.3) is 5.69 Å². The Morgan fingerprint density at radius 1 is 1.45 bits per heavy atom. The van der Waals surface area contributed by atoms with Gasteiger partial charge in [0.15, 0.2) is 0 Å². The molecule has 20 heavy (non-hydrogen) atoms. The van der Waals surface area contributed by atoms with E-state index in [1.807, 2.05) is 18.4 Å². The molecule has 2 rings (SSSR count). The van der Waals surface area contributed by atoms with Crippen LogP contribution in [0, 0.1) is 10.1 Å². The van der Waals surface area contributed by atoms with Crippen molar-refractivity contribution in [1.82, 2.24) is 0 Å². The number of thiophene rings is 1. The molecule has 0 atom stereocenters. The first kappa shape index (κ1) is 14.8. The minimum Gasteiger partial charge on any atom is -0.494 e. The molecule has 0 radical (unpaired) electrons. The van der Waals surface area contributed by atoms with Gasteiger partial charge in [0.1, 0.15) is 11.4 Å². The van der Waals surface area contributed by atoms with Gasteiger partial charge in [-0.25, -0.2) is 0 Å². The number of rotatable bonds is 6. The number of nitro groups is 1. The zero-order valence-electron chi connectivity index (χ0n) is 10.8. The number of benzene rings is 1. The molecule has 106 valence electrons. The van der Waals surface area contributed by atoms with Gasteiger partial charge in [0, 0.05) is 21.3 Å². The number of ether oxygens (including phenoxy) is 1. The predicted octanol–water partition coefficient (Wildman–Crippen LogP) is 4.43. The number of nitro benzene ring substituents is 1. The first-order valence-corrected chi connectivity index (χ1v) is 7.65. The van der Waals surface area contributed by atoms with Crippen molar-refractivity contribution in [3.05, 3.63) is 49.1 Å². The lowest BCUT2D eigenvalue weighted by Crippen LogP contribution is -2.02. The average Bonchev–Trinajstić information content (AvgIpc) is 2.83. The summed E-state index contributed by atoms with van der Waals surface area (Å²) in [6.07, 6.45) is 0. The van der Waals surface area contributed by atoms with Crippen LogP contribution in [0.25, 0.3) is 0 Å². The van der Waals surface area contributed by atoms with E-state index in [-0.39, 0.29) is 5.69 Å². The molecule has 0 fully saturated rings. The van der Waals surface area contributed by atoms with Crippen molar-refractivity contribution in [2.24, 2.45) is 0 Å². The lowest BCUT2D eigenvalue weighted by atomic mass is 10.2. The van der Waals surface area contributed by atoms with E-state index < -0.39 is 4.92 Å². The van der Waals surface area contributed by atoms with Crippen LogP contribution in [0.5, 0.6) is 5.75 Å². The topological polar surface area (TPSA) is 64.4 Å². The highest BCUT2D eigenvalue weighted by molar-refractivity contribution is 9.10. The normalized spacial score (nSPS) is 10.3. The van der Waals surface area contributed by atoms with E-state index in [2.05, 4.69) is 21.2 Å². The fourth-order valence-electron chi connectivity index (χ4n) is 1.70. The monoisotopic (exact) mass is 356 g/mol. The molecule has 0 aliphatic rings. The molecule has 5 nitrogen and oxygen atoms in total. The van der Waals surface area contributed by atoms with Crippen molar-refractivity contribution >= 4 is 38.6 Å². The molecule has 0 spiro atoms. The van der Waals surface area contributed by atoms with Gasteiger partial charge in [-0.2, -0.15) is 0 Å². The van der Waals surface area contributed by atoms with Crippen molar-refractivity contribution < 1.29 is 9.66 Å². The fraction of sp³-hybridized carbons (Fsp3) is 0.231. The predicted molar refractivity (Wildman–Crippen MR) is 83.6 cm³/mol. The molecule has 1 N–H and O–H groups in total. The van der Waals surface area contributed by atoms with Crippen molar-refractivity contribution in [2.45, 2.75) is 13.5 Å². The number of halogens is 1. The highest BCUT2D eigenvalue weighted by Crippen LogP contribution is 2.30. The molecule has 0 saturated carbocycles. The van der Waals surface area contributed by atoms with Crippen molar-refractivity contribution in [3.8, 4) is 5.75 Å². The van der Waals surface area contributed by atoms with Crippen LogP contribution in [-0.4, -0.2) is 11.5 Å². The van der Waals surface area contributed by atoms with Crippen molar-refractivity contribution in [2.75, 3.05) is 11.9 Å². The van der Waals surface area contributed by atoms with Crippen LogP contribution in [0.15, 0.2) is 34.1 Å². The maximum Gasteiger partial charge on any atom is 0.296 e. The second-order valence-electron chi connectivity index (χ2n) is 3.95. The molecule has 2 aromatic rings. The minimum atomic E-state index is -0.408. The van der Waals surface area contributed by atoms with Crippen LogP contribution < -0.4 is 10.1 Å². The van der Waals surface area contributed by atoms with Gasteiger partial charge in [0.05, 0.1) is 17.6 Å². The number of hydrogen-bond donors (Lipinski definition) is 1. The molecule has 7 heteroatoms. The number of hydrogen-bond acceptors (Lipinski definition) is 5. The minimum absolute atomic E-state index is 0.0200. The lowest BCUT2D eigenvalue weighted by Gasteiger charge is -2.08. The van der Waals surface area contributed by atoms with Crippen LogP contribution in [0.4, 0.5) is 11.4 Å². The van der Waals surface area contributed by atoms with Crippen LogP contribution in [-0.2, 0) is 6.54 Å². The maximum absolute atomic E-state index is 11.1. The molecule has 1 aromatic carbocycles. The molecule has 0 aliphatic heterocycles. The molecule has 0 unspecified atom stereocenters. The van der Waals surface area contributed by atoms with Gasteiger partial charge in [-0.3, -0.25) is 10.1 Å². The molecular formula is C13H13BrN2O3S. The Morgan fingerprint density at radius 2 is 2.25 bits per heavy atom. The van der Waals surface area contributed by atoms with E-state index in [0.29, 0.717) is 24.6 Å². The largest absolute Gasteiger partial charge is 0.494 e. The summed E-state index contributed by atoms with van der Waals surface area (Å²) in [6, 6.07) is 6.82. The molecule has 0 bridgehead atoms. The van der Waals surface area contributed by atoms with Gasteiger partial charge in [0.2, 0.25) is 0 Å². The van der Waals surface area contributed by atoms with E-state index in [1.165, 1.54) is 6.07 Å². The lowest BCUT2D eigenvalue weighted by molar-refractivity contribution is -0.384. The summed E-state index contributed by atoms with van der Waals surface area (Å²) in [6.45, 7) is 2.87. The van der Waals surface area contributed by atoms with Gasteiger partial charge in [-0.05, 0) is 41.1 Å². The second-order valence-corrected chi connectivity index (χ2v) is 5.87. The van der Waals surface area contributed by atoms with Gasteiger partial charge < -0.3 is 10.1 Å². The summed E-state index contributed by atoms with van der Waals surface area (Å²) >= 11 is 4.97. The third kappa shape index (κ3) is 3.71. The zero-order chi connectivity index (χ0) is 14.5. The standard InChI is InChI=1S/C13H13BrN2O3S/c1-2-19-10-3-4-12(13(6-10)16(17)18)15-7-11-5-9(14)8-20-11/h3-6,8,15H,2,7H2,1H3. The molecular weight excluding hydrogens is 344 g/mol. The number of nitrogens with zero attached hydrogens (tertiary/aromatic N) is 1. The van der Waals surface area contributed by atoms with E-state index >= 15 is 0 Å². The Kier molecular flexibility index (Phi) is 4.97. The Hall–Kier alpha value is -1.60. The SMILES string of the molecule is CCOc1ccc(NCc2cc(Br)cs2)c([N+](=O)[O-])c1. The zero-order valence-corrected chi connectivity index (χ0v) is 13.2. The van der Waals surface area contributed by atoms with Crippen molar-refractivity contribution in [1.29, 1.82) is 0 Å². The summed E-state index contributed by atoms with van der Waals surface area (Å²) < 4.78 is 6.30. The molecule has 1 aromatic heterocycles. The maximum atomic E-state index is 11.1. The van der Waals surface area contributed by atoms with E-state index in [9.17, 15) is 10.1 Å². The van der Waals surface area contributed by atoms with Crippen LogP contribution in [0.3, 0.4) is 0 Å². The summed E-state index contributed by atoms with van der Waals surface area (Å²) in [7, 11) is 0. The summed E-state index contributed by atoms with van der Waals surface area (Å²) in [4.78, 5) is 11.8. The molecule has 0 saturated heterocycles. The smallest absolute Gasteiger partial charge is 0.296 e. The van der Waals surface area contributed by atoms with Crippen LogP contribution in [0.1, 0.15) is 11.8 Å². The highest BCUT2D eigenvalue weighted by Gasteiger charge is 2.15. The summed E-state index contributed by atoms with van der Waals surface area (Å²) in [5.41, 5.74) is 0.509. The molecule has 1 heterocycles. The van der Waals surface area contributed by atoms with Crippen LogP contribution in [0.2, 0.25) is 0 Å². The van der Waals surface area contributed by atoms with Crippen molar-refractivity contribution in [3.63, 3.8) is 0 Å². The van der Waals surface area contributed by atoms with Gasteiger partial charge in [-0.15, -0.1) is 11.3 Å². The number of nitrogens with one attached hydrogen (secondary N) is 1. The number of anilines is 1. The highest BCUT2D eigenvalue weighted by atomic mass is 79.9. The van der Waals surface area contributed by atoms with Gasteiger partial charge >= 0.3 is 0 Å². The second kappa shape index (κ2) is 6.71. The third-order valence-corrected chi connectivity index (χ3v) is 4.25. The first-order chi connectivity index (χ1) is 9.60. The Bertz CT molecular complexity index is 615.